The quantitative estimate of drug-likeness (QED) is 0.348. The first-order chi connectivity index (χ1) is 11.6. The van der Waals surface area contributed by atoms with E-state index in [0.29, 0.717) is 6.42 Å². The highest BCUT2D eigenvalue weighted by atomic mass is 16.6. The molecule has 1 aliphatic rings. The number of hydrogen-bond acceptors (Lipinski definition) is 6. The molecule has 0 bridgehead atoms. The molecule has 0 aromatic rings. The van der Waals surface area contributed by atoms with E-state index in [9.17, 15) is 20.1 Å². The van der Waals surface area contributed by atoms with Gasteiger partial charge in [-0.15, -0.1) is 0 Å². The highest BCUT2D eigenvalue weighted by Gasteiger charge is 2.41. The SMILES string of the molecule is CCCCCCCCCCCC(=O)O[C@H](CO)[C@@H]1OC[C@@H](O)[C@H]1O. The van der Waals surface area contributed by atoms with Crippen LogP contribution >= 0.6 is 0 Å². The number of carbonyl (C=O) groups excluding carboxylic acids is 1. The van der Waals surface area contributed by atoms with E-state index in [1.807, 2.05) is 0 Å². The molecule has 4 atom stereocenters. The van der Waals surface area contributed by atoms with E-state index < -0.39 is 37.0 Å². The van der Waals surface area contributed by atoms with E-state index >= 15 is 0 Å². The van der Waals surface area contributed by atoms with Crippen LogP contribution in [-0.2, 0) is 14.3 Å². The monoisotopic (exact) mass is 346 g/mol. The second-order valence-electron chi connectivity index (χ2n) is 6.65. The fourth-order valence-electron chi connectivity index (χ4n) is 2.97. The second-order valence-corrected chi connectivity index (χ2v) is 6.65. The fraction of sp³-hybridized carbons (Fsp3) is 0.944. The van der Waals surface area contributed by atoms with Gasteiger partial charge in [-0.1, -0.05) is 58.3 Å². The Morgan fingerprint density at radius 1 is 1.08 bits per heavy atom. The average Bonchev–Trinajstić information content (AvgIpc) is 2.90. The van der Waals surface area contributed by atoms with Gasteiger partial charge in [-0.3, -0.25) is 4.79 Å². The molecule has 142 valence electrons. The van der Waals surface area contributed by atoms with Crippen molar-refractivity contribution < 1.29 is 29.6 Å². The maximum Gasteiger partial charge on any atom is 0.306 e. The summed E-state index contributed by atoms with van der Waals surface area (Å²) in [6.07, 6.45) is 6.91. The Morgan fingerprint density at radius 3 is 2.17 bits per heavy atom. The lowest BCUT2D eigenvalue weighted by molar-refractivity contribution is -0.162. The molecule has 1 rings (SSSR count). The van der Waals surface area contributed by atoms with Crippen LogP contribution in [0.5, 0.6) is 0 Å². The zero-order valence-electron chi connectivity index (χ0n) is 14.9. The highest BCUT2D eigenvalue weighted by molar-refractivity contribution is 5.69. The van der Waals surface area contributed by atoms with Crippen LogP contribution in [0.1, 0.15) is 71.1 Å². The van der Waals surface area contributed by atoms with Gasteiger partial charge in [-0.05, 0) is 6.42 Å². The van der Waals surface area contributed by atoms with Gasteiger partial charge in [0.1, 0.15) is 18.3 Å². The van der Waals surface area contributed by atoms with Crippen LogP contribution in [0.4, 0.5) is 0 Å². The minimum Gasteiger partial charge on any atom is -0.457 e. The largest absolute Gasteiger partial charge is 0.457 e. The Hall–Kier alpha value is -0.690. The third kappa shape index (κ3) is 7.92. The van der Waals surface area contributed by atoms with Crippen molar-refractivity contribution in [2.45, 2.75) is 95.5 Å². The van der Waals surface area contributed by atoms with Crippen molar-refractivity contribution in [3.8, 4) is 0 Å². The van der Waals surface area contributed by atoms with Gasteiger partial charge in [0, 0.05) is 6.42 Å². The molecule has 6 nitrogen and oxygen atoms in total. The number of esters is 1. The van der Waals surface area contributed by atoms with Crippen LogP contribution in [0.3, 0.4) is 0 Å². The molecule has 24 heavy (non-hydrogen) atoms. The van der Waals surface area contributed by atoms with Crippen molar-refractivity contribution in [1.82, 2.24) is 0 Å². The summed E-state index contributed by atoms with van der Waals surface area (Å²) in [7, 11) is 0. The third-order valence-electron chi connectivity index (χ3n) is 4.50. The van der Waals surface area contributed by atoms with Gasteiger partial charge in [0.15, 0.2) is 6.10 Å². The normalized spacial score (nSPS) is 24.9. The van der Waals surface area contributed by atoms with Crippen molar-refractivity contribution in [3.63, 3.8) is 0 Å². The van der Waals surface area contributed by atoms with Gasteiger partial charge >= 0.3 is 5.97 Å². The molecular weight excluding hydrogens is 312 g/mol. The Balaban J connectivity index is 2.08. The van der Waals surface area contributed by atoms with E-state index in [1.165, 1.54) is 38.5 Å². The van der Waals surface area contributed by atoms with Crippen molar-refractivity contribution in [2.75, 3.05) is 13.2 Å². The lowest BCUT2D eigenvalue weighted by Gasteiger charge is -2.24. The number of ether oxygens (including phenoxy) is 2. The Labute approximate surface area is 145 Å². The fourth-order valence-corrected chi connectivity index (χ4v) is 2.97. The molecule has 0 unspecified atom stereocenters. The first kappa shape index (κ1) is 21.4. The summed E-state index contributed by atoms with van der Waals surface area (Å²) in [5, 5.41) is 28.5. The molecular formula is C18H34O6. The van der Waals surface area contributed by atoms with Crippen LogP contribution < -0.4 is 0 Å². The topological polar surface area (TPSA) is 96.2 Å². The Morgan fingerprint density at radius 2 is 1.67 bits per heavy atom. The van der Waals surface area contributed by atoms with Crippen LogP contribution in [0.2, 0.25) is 0 Å². The molecule has 1 fully saturated rings. The number of hydrogen-bond donors (Lipinski definition) is 3. The van der Waals surface area contributed by atoms with Crippen LogP contribution in [-0.4, -0.2) is 58.9 Å². The van der Waals surface area contributed by atoms with Gasteiger partial charge in [0.25, 0.3) is 0 Å². The van der Waals surface area contributed by atoms with Crippen LogP contribution in [0.25, 0.3) is 0 Å². The van der Waals surface area contributed by atoms with E-state index in [0.717, 1.165) is 19.3 Å². The second kappa shape index (κ2) is 12.6. The van der Waals surface area contributed by atoms with E-state index in [2.05, 4.69) is 6.92 Å². The lowest BCUT2D eigenvalue weighted by Crippen LogP contribution is -2.43. The average molecular weight is 346 g/mol. The molecule has 0 amide bonds. The van der Waals surface area contributed by atoms with Crippen molar-refractivity contribution in [1.29, 1.82) is 0 Å². The molecule has 0 saturated carbocycles. The maximum atomic E-state index is 11.8. The first-order valence-electron chi connectivity index (χ1n) is 9.38. The van der Waals surface area contributed by atoms with E-state index in [-0.39, 0.29) is 6.61 Å². The van der Waals surface area contributed by atoms with E-state index in [4.69, 9.17) is 9.47 Å². The highest BCUT2D eigenvalue weighted by Crippen LogP contribution is 2.20. The molecule has 0 aromatic heterocycles. The smallest absolute Gasteiger partial charge is 0.306 e. The molecule has 0 aromatic carbocycles. The summed E-state index contributed by atoms with van der Waals surface area (Å²) < 4.78 is 10.4. The van der Waals surface area contributed by atoms with Gasteiger partial charge in [0.2, 0.25) is 0 Å². The third-order valence-corrected chi connectivity index (χ3v) is 4.50. The zero-order chi connectivity index (χ0) is 17.8. The molecule has 1 heterocycles. The van der Waals surface area contributed by atoms with Crippen molar-refractivity contribution in [3.05, 3.63) is 0 Å². The predicted octanol–water partition coefficient (Wildman–Crippen LogP) is 1.93. The predicted molar refractivity (Wildman–Crippen MR) is 90.6 cm³/mol. The zero-order valence-corrected chi connectivity index (χ0v) is 14.9. The van der Waals surface area contributed by atoms with Crippen molar-refractivity contribution >= 4 is 5.97 Å². The summed E-state index contributed by atoms with van der Waals surface area (Å²) in [6, 6.07) is 0. The number of carbonyl (C=O) groups is 1. The lowest BCUT2D eigenvalue weighted by atomic mass is 10.1. The van der Waals surface area contributed by atoms with Gasteiger partial charge in [-0.2, -0.15) is 0 Å². The molecule has 1 aliphatic heterocycles. The van der Waals surface area contributed by atoms with Gasteiger partial charge < -0.3 is 24.8 Å². The standard InChI is InChI=1S/C18H34O6/c1-2-3-4-5-6-7-8-9-10-11-16(21)24-15(12-19)18-17(22)14(20)13-23-18/h14-15,17-20,22H,2-13H2,1H3/t14-,15-,17-,18+/m1/s1. The maximum absolute atomic E-state index is 11.8. The summed E-state index contributed by atoms with van der Waals surface area (Å²) in [4.78, 5) is 11.8. The summed E-state index contributed by atoms with van der Waals surface area (Å²) in [5.41, 5.74) is 0. The Bertz CT molecular complexity index is 335. The molecule has 3 N–H and O–H groups in total. The summed E-state index contributed by atoms with van der Waals surface area (Å²) in [6.45, 7) is 1.76. The molecule has 0 aliphatic carbocycles. The Kier molecular flexibility index (Phi) is 11.2. The number of unbranched alkanes of at least 4 members (excludes halogenated alkanes) is 8. The molecule has 6 heteroatoms. The molecule has 0 spiro atoms. The number of rotatable bonds is 13. The molecule has 1 saturated heterocycles. The van der Waals surface area contributed by atoms with Crippen molar-refractivity contribution in [2.24, 2.45) is 0 Å². The van der Waals surface area contributed by atoms with Crippen LogP contribution in [0, 0.1) is 0 Å². The van der Waals surface area contributed by atoms with Gasteiger partial charge in [-0.25, -0.2) is 0 Å². The molecule has 0 radical (unpaired) electrons. The minimum atomic E-state index is -1.14. The number of aliphatic hydroxyl groups excluding tert-OH is 3. The summed E-state index contributed by atoms with van der Waals surface area (Å²) in [5.74, 6) is -0.394. The van der Waals surface area contributed by atoms with Gasteiger partial charge in [0.05, 0.1) is 13.2 Å². The number of aliphatic hydroxyl groups is 3. The summed E-state index contributed by atoms with van der Waals surface area (Å²) >= 11 is 0. The van der Waals surface area contributed by atoms with Crippen LogP contribution in [0.15, 0.2) is 0 Å². The first-order valence-corrected chi connectivity index (χ1v) is 9.38. The van der Waals surface area contributed by atoms with E-state index in [1.54, 1.807) is 0 Å². The minimum absolute atomic E-state index is 0.0157.